The molecule has 0 heterocycles. The van der Waals surface area contributed by atoms with Gasteiger partial charge in [-0.05, 0) is 42.2 Å². The average Bonchev–Trinajstić information content (AvgIpc) is 3.19. The zero-order chi connectivity index (χ0) is 38.0. The van der Waals surface area contributed by atoms with Crippen LogP contribution in [0.5, 0.6) is 0 Å². The Morgan fingerprint density at radius 3 is 1.21 bits per heavy atom. The van der Waals surface area contributed by atoms with Gasteiger partial charge in [0.15, 0.2) is 0 Å². The topological polar surface area (TPSA) is 94.8 Å². The number of aliphatic hydroxyl groups excluding tert-OH is 2. The Morgan fingerprint density at radius 1 is 0.509 bits per heavy atom. The van der Waals surface area contributed by atoms with Gasteiger partial charge in [-0.25, -0.2) is 8.42 Å². The van der Waals surface area contributed by atoms with Crippen molar-refractivity contribution >= 4 is 9.84 Å². The maximum absolute atomic E-state index is 14.8. The quantitative estimate of drug-likeness (QED) is 0.0464. The summed E-state index contributed by atoms with van der Waals surface area (Å²) in [4.78, 5) is -3.13. The second-order valence-corrected chi connectivity index (χ2v) is 17.1. The number of hydrogen-bond donors (Lipinski definition) is 3. The van der Waals surface area contributed by atoms with Crippen molar-refractivity contribution in [3.63, 3.8) is 0 Å². The SMILES string of the molecule is CCCCCCCCCCCCCCCCCCC(O)C(O)(C(O)C(c1ccccc1)(c1ccccc1)c1ccccc1)S(=O)(=O)c1ccc(C)cc1. The van der Waals surface area contributed by atoms with E-state index in [0.29, 0.717) is 23.1 Å². The number of aliphatic hydroxyl groups is 3. The lowest BCUT2D eigenvalue weighted by atomic mass is 9.63. The van der Waals surface area contributed by atoms with E-state index in [1.54, 1.807) is 12.1 Å². The van der Waals surface area contributed by atoms with Crippen molar-refractivity contribution in [2.45, 2.75) is 150 Å². The Morgan fingerprint density at radius 2 is 0.849 bits per heavy atom. The highest BCUT2D eigenvalue weighted by Crippen LogP contribution is 2.49. The first-order chi connectivity index (χ1) is 25.7. The first kappa shape index (κ1) is 42.5. The number of sulfone groups is 1. The molecule has 4 rings (SSSR count). The van der Waals surface area contributed by atoms with Crippen LogP contribution in [0.25, 0.3) is 0 Å². The van der Waals surface area contributed by atoms with Crippen LogP contribution in [0.2, 0.25) is 0 Å². The van der Waals surface area contributed by atoms with Crippen LogP contribution in [-0.4, -0.2) is 40.9 Å². The second kappa shape index (κ2) is 21.6. The van der Waals surface area contributed by atoms with Gasteiger partial charge in [-0.1, -0.05) is 218 Å². The van der Waals surface area contributed by atoms with Crippen LogP contribution in [0.3, 0.4) is 0 Å². The predicted molar refractivity (Wildman–Crippen MR) is 219 cm³/mol. The third kappa shape index (κ3) is 10.7. The molecule has 0 bridgehead atoms. The molecule has 0 fully saturated rings. The van der Waals surface area contributed by atoms with Crippen molar-refractivity contribution in [3.05, 3.63) is 138 Å². The average molecular weight is 741 g/mol. The fourth-order valence-electron chi connectivity index (χ4n) is 7.89. The smallest absolute Gasteiger partial charge is 0.224 e. The molecule has 0 aliphatic rings. The molecular formula is C47H64O5S. The minimum Gasteiger partial charge on any atom is -0.389 e. The van der Waals surface area contributed by atoms with Crippen molar-refractivity contribution in [1.82, 2.24) is 0 Å². The molecule has 0 saturated carbocycles. The van der Waals surface area contributed by atoms with Crippen LogP contribution < -0.4 is 0 Å². The number of rotatable bonds is 25. The number of unbranched alkanes of at least 4 members (excludes halogenated alkanes) is 15. The number of hydrogen-bond acceptors (Lipinski definition) is 5. The summed E-state index contributed by atoms with van der Waals surface area (Å²) >= 11 is 0. The molecule has 4 aromatic rings. The van der Waals surface area contributed by atoms with Gasteiger partial charge >= 0.3 is 0 Å². The lowest BCUT2D eigenvalue weighted by molar-refractivity contribution is -0.109. The zero-order valence-corrected chi connectivity index (χ0v) is 33.0. The van der Waals surface area contributed by atoms with Gasteiger partial charge < -0.3 is 15.3 Å². The van der Waals surface area contributed by atoms with Gasteiger partial charge in [0.25, 0.3) is 0 Å². The van der Waals surface area contributed by atoms with Crippen LogP contribution in [-0.2, 0) is 15.3 Å². The zero-order valence-electron chi connectivity index (χ0n) is 32.2. The Bertz CT molecular complexity index is 1580. The largest absolute Gasteiger partial charge is 0.389 e. The number of aryl methyl sites for hydroxylation is 1. The van der Waals surface area contributed by atoms with Gasteiger partial charge in [-0.3, -0.25) is 0 Å². The minimum absolute atomic E-state index is 0.0194. The Kier molecular flexibility index (Phi) is 17.3. The Balaban J connectivity index is 1.52. The highest BCUT2D eigenvalue weighted by atomic mass is 32.2. The van der Waals surface area contributed by atoms with Crippen molar-refractivity contribution in [1.29, 1.82) is 0 Å². The third-order valence-electron chi connectivity index (χ3n) is 11.1. The molecule has 53 heavy (non-hydrogen) atoms. The molecule has 3 N–H and O–H groups in total. The van der Waals surface area contributed by atoms with E-state index < -0.39 is 32.4 Å². The van der Waals surface area contributed by atoms with E-state index in [2.05, 4.69) is 6.92 Å². The molecule has 5 nitrogen and oxygen atoms in total. The summed E-state index contributed by atoms with van der Waals surface area (Å²) in [5, 5.41) is 37.8. The molecule has 288 valence electrons. The molecule has 0 radical (unpaired) electrons. The molecule has 0 aliphatic carbocycles. The summed E-state index contributed by atoms with van der Waals surface area (Å²) in [6.07, 6.45) is 15.4. The third-order valence-corrected chi connectivity index (χ3v) is 13.3. The molecule has 0 spiro atoms. The normalized spacial score (nSPS) is 14.4. The molecular weight excluding hydrogens is 677 g/mol. The van der Waals surface area contributed by atoms with Crippen molar-refractivity contribution in [2.24, 2.45) is 0 Å². The molecule has 6 heteroatoms. The van der Waals surface area contributed by atoms with Crippen LogP contribution in [0.4, 0.5) is 0 Å². The first-order valence-electron chi connectivity index (χ1n) is 20.3. The van der Waals surface area contributed by atoms with E-state index in [0.717, 1.165) is 31.2 Å². The van der Waals surface area contributed by atoms with Crippen LogP contribution in [0, 0.1) is 6.92 Å². The van der Waals surface area contributed by atoms with Crippen molar-refractivity contribution in [2.75, 3.05) is 0 Å². The summed E-state index contributed by atoms with van der Waals surface area (Å²) in [5.41, 5.74) is 1.08. The first-order valence-corrected chi connectivity index (χ1v) is 21.7. The summed E-state index contributed by atoms with van der Waals surface area (Å²) in [7, 11) is -4.74. The Labute approximate surface area is 320 Å². The summed E-state index contributed by atoms with van der Waals surface area (Å²) in [6, 6.07) is 33.8. The molecule has 0 saturated heterocycles. The monoisotopic (exact) mass is 740 g/mol. The number of benzene rings is 4. The van der Waals surface area contributed by atoms with Gasteiger partial charge in [0, 0.05) is 0 Å². The molecule has 0 aliphatic heterocycles. The van der Waals surface area contributed by atoms with E-state index in [9.17, 15) is 23.7 Å². The van der Waals surface area contributed by atoms with E-state index in [1.807, 2.05) is 97.9 Å². The van der Waals surface area contributed by atoms with E-state index >= 15 is 0 Å². The van der Waals surface area contributed by atoms with E-state index in [1.165, 1.54) is 82.8 Å². The summed E-state index contributed by atoms with van der Waals surface area (Å²) in [6.45, 7) is 4.12. The summed E-state index contributed by atoms with van der Waals surface area (Å²) in [5.74, 6) is 0. The minimum atomic E-state index is -4.74. The Hall–Kier alpha value is -3.29. The van der Waals surface area contributed by atoms with E-state index in [-0.39, 0.29) is 11.3 Å². The summed E-state index contributed by atoms with van der Waals surface area (Å²) < 4.78 is 29.6. The van der Waals surface area contributed by atoms with Crippen LogP contribution in [0.1, 0.15) is 138 Å². The van der Waals surface area contributed by atoms with Crippen molar-refractivity contribution < 1.29 is 23.7 Å². The van der Waals surface area contributed by atoms with Gasteiger partial charge in [-0.2, -0.15) is 0 Å². The fourth-order valence-corrected chi connectivity index (χ4v) is 9.71. The molecule has 0 amide bonds. The lowest BCUT2D eigenvalue weighted by Gasteiger charge is -2.48. The fraction of sp³-hybridized carbons (Fsp3) is 0.489. The highest BCUT2D eigenvalue weighted by Gasteiger charge is 2.62. The van der Waals surface area contributed by atoms with Gasteiger partial charge in [0.05, 0.1) is 10.3 Å². The van der Waals surface area contributed by atoms with Crippen LogP contribution >= 0.6 is 0 Å². The molecule has 3 atom stereocenters. The molecule has 3 unspecified atom stereocenters. The molecule has 0 aromatic heterocycles. The maximum atomic E-state index is 14.8. The predicted octanol–water partition coefficient (Wildman–Crippen LogP) is 10.9. The van der Waals surface area contributed by atoms with Gasteiger partial charge in [0.1, 0.15) is 12.2 Å². The van der Waals surface area contributed by atoms with Crippen LogP contribution in [0.15, 0.2) is 120 Å². The van der Waals surface area contributed by atoms with E-state index in [4.69, 9.17) is 0 Å². The standard InChI is InChI=1S/C47H64O5S/c1-3-4-5-6-7-8-9-10-11-12-13-14-15-16-17-27-34-44(48)47(50,53(51,52)43-37-35-39(2)36-38-43)45(49)46(40-28-21-18-22-29-40,41-30-23-19-24-31-41)42-32-25-20-26-33-42/h18-26,28-33,35-38,44-45,48-50H,3-17,27,34H2,1-2H3. The highest BCUT2D eigenvalue weighted by molar-refractivity contribution is 7.92. The van der Waals surface area contributed by atoms with Crippen molar-refractivity contribution in [3.8, 4) is 0 Å². The van der Waals surface area contributed by atoms with Gasteiger partial charge in [-0.15, -0.1) is 0 Å². The maximum Gasteiger partial charge on any atom is 0.224 e. The van der Waals surface area contributed by atoms with Gasteiger partial charge in [0.2, 0.25) is 14.8 Å². The molecule has 4 aromatic carbocycles. The lowest BCUT2D eigenvalue weighted by Crippen LogP contribution is -2.65. The second-order valence-electron chi connectivity index (χ2n) is 15.0.